The van der Waals surface area contributed by atoms with Crippen molar-refractivity contribution in [1.29, 1.82) is 0 Å². The number of rotatable bonds is 4. The van der Waals surface area contributed by atoms with Crippen LogP contribution in [-0.2, 0) is 21.5 Å². The second kappa shape index (κ2) is 4.91. The second-order valence-electron chi connectivity index (χ2n) is 4.76. The third-order valence-corrected chi connectivity index (χ3v) is 3.86. The highest BCUT2D eigenvalue weighted by atomic mass is 16.5. The fourth-order valence-electron chi connectivity index (χ4n) is 2.78. The van der Waals surface area contributed by atoms with Crippen LogP contribution in [0.1, 0.15) is 24.0 Å². The van der Waals surface area contributed by atoms with Crippen LogP contribution in [0.15, 0.2) is 18.2 Å². The average molecular weight is 263 g/mol. The van der Waals surface area contributed by atoms with Gasteiger partial charge in [0.15, 0.2) is 5.54 Å². The van der Waals surface area contributed by atoms with Crippen LogP contribution in [0.3, 0.4) is 0 Å². The van der Waals surface area contributed by atoms with E-state index in [1.54, 1.807) is 6.07 Å². The second-order valence-corrected chi connectivity index (χ2v) is 4.76. The number of carbonyl (C=O) groups excluding carboxylic acids is 1. The molecule has 19 heavy (non-hydrogen) atoms. The van der Waals surface area contributed by atoms with E-state index in [0.29, 0.717) is 24.1 Å². The summed E-state index contributed by atoms with van der Waals surface area (Å²) in [5.74, 6) is -0.401. The molecule has 0 spiro atoms. The van der Waals surface area contributed by atoms with Crippen LogP contribution >= 0.6 is 0 Å². The third kappa shape index (κ3) is 1.95. The molecule has 1 aliphatic carbocycles. The van der Waals surface area contributed by atoms with Crippen LogP contribution in [0.5, 0.6) is 5.75 Å². The molecule has 1 atom stereocenters. The van der Waals surface area contributed by atoms with Gasteiger partial charge in [-0.2, -0.15) is 0 Å². The molecule has 2 rings (SSSR count). The maximum atomic E-state index is 11.8. The van der Waals surface area contributed by atoms with E-state index in [1.165, 1.54) is 19.1 Å². The summed E-state index contributed by atoms with van der Waals surface area (Å²) in [6, 6.07) is 5.42. The van der Waals surface area contributed by atoms with Crippen molar-refractivity contribution in [2.75, 3.05) is 14.2 Å². The quantitative estimate of drug-likeness (QED) is 0.834. The van der Waals surface area contributed by atoms with Gasteiger partial charge in [0, 0.05) is 7.05 Å². The summed E-state index contributed by atoms with van der Waals surface area (Å²) in [7, 11) is 3.05. The van der Waals surface area contributed by atoms with Gasteiger partial charge in [-0.15, -0.1) is 0 Å². The molecule has 5 heteroatoms. The molecule has 0 heterocycles. The number of aliphatic carboxylic acids is 1. The first-order chi connectivity index (χ1) is 9.06. The predicted molar refractivity (Wildman–Crippen MR) is 69.1 cm³/mol. The molecule has 1 unspecified atom stereocenters. The minimum Gasteiger partial charge on any atom is -0.497 e. The molecule has 0 bridgehead atoms. The van der Waals surface area contributed by atoms with Crippen molar-refractivity contribution in [3.63, 3.8) is 0 Å². The summed E-state index contributed by atoms with van der Waals surface area (Å²) in [6.07, 6.45) is 2.55. The minimum atomic E-state index is -1.29. The summed E-state index contributed by atoms with van der Waals surface area (Å²) < 4.78 is 5.17. The van der Waals surface area contributed by atoms with E-state index in [0.717, 1.165) is 18.4 Å². The highest BCUT2D eigenvalue weighted by molar-refractivity contribution is 5.84. The van der Waals surface area contributed by atoms with Crippen LogP contribution in [0.2, 0.25) is 0 Å². The Kier molecular flexibility index (Phi) is 3.46. The SMILES string of the molecule is COc1ccc2c(c1)C(C(=O)O)(N(C)C=O)CCC2. The van der Waals surface area contributed by atoms with Gasteiger partial charge >= 0.3 is 5.97 Å². The number of hydrogen-bond acceptors (Lipinski definition) is 3. The Morgan fingerprint density at radius 1 is 1.53 bits per heavy atom. The number of amides is 1. The number of carboxylic acids is 1. The average Bonchev–Trinajstić information content (AvgIpc) is 2.44. The molecule has 1 N–H and O–H groups in total. The van der Waals surface area contributed by atoms with Crippen molar-refractivity contribution in [2.24, 2.45) is 0 Å². The maximum Gasteiger partial charge on any atom is 0.334 e. The number of hydrogen-bond donors (Lipinski definition) is 1. The van der Waals surface area contributed by atoms with Crippen molar-refractivity contribution in [2.45, 2.75) is 24.8 Å². The molecule has 0 saturated carbocycles. The summed E-state index contributed by atoms with van der Waals surface area (Å²) in [5.41, 5.74) is 0.326. The first-order valence-corrected chi connectivity index (χ1v) is 6.15. The molecule has 0 saturated heterocycles. The van der Waals surface area contributed by atoms with Gasteiger partial charge in [0.2, 0.25) is 6.41 Å². The Morgan fingerprint density at radius 3 is 2.84 bits per heavy atom. The van der Waals surface area contributed by atoms with E-state index in [-0.39, 0.29) is 0 Å². The van der Waals surface area contributed by atoms with Crippen molar-refractivity contribution in [3.8, 4) is 5.75 Å². The molecule has 1 amide bonds. The normalized spacial score (nSPS) is 21.4. The lowest BCUT2D eigenvalue weighted by molar-refractivity contribution is -0.156. The van der Waals surface area contributed by atoms with E-state index in [1.807, 2.05) is 12.1 Å². The van der Waals surface area contributed by atoms with Crippen LogP contribution in [0.25, 0.3) is 0 Å². The van der Waals surface area contributed by atoms with Crippen molar-refractivity contribution in [1.82, 2.24) is 4.90 Å². The Morgan fingerprint density at radius 2 is 2.26 bits per heavy atom. The number of carboxylic acid groups (broad SMARTS) is 1. The molecule has 1 aliphatic rings. The molecule has 0 radical (unpaired) electrons. The summed E-state index contributed by atoms with van der Waals surface area (Å²) in [6.45, 7) is 0. The lowest BCUT2D eigenvalue weighted by Crippen LogP contribution is -2.51. The predicted octanol–water partition coefficient (Wildman–Crippen LogP) is 1.40. The Balaban J connectivity index is 2.66. The van der Waals surface area contributed by atoms with Gasteiger partial charge in [0.1, 0.15) is 5.75 Å². The van der Waals surface area contributed by atoms with Crippen LogP contribution < -0.4 is 4.74 Å². The Bertz CT molecular complexity index is 514. The Labute approximate surface area is 111 Å². The highest BCUT2D eigenvalue weighted by Gasteiger charge is 2.47. The van der Waals surface area contributed by atoms with Crippen LogP contribution in [0, 0.1) is 0 Å². The number of carbonyl (C=O) groups is 2. The summed E-state index contributed by atoms with van der Waals surface area (Å²) in [4.78, 5) is 24.1. The number of likely N-dealkylation sites (N-methyl/N-ethyl adjacent to an activating group) is 1. The monoisotopic (exact) mass is 263 g/mol. The molecule has 5 nitrogen and oxygen atoms in total. The topological polar surface area (TPSA) is 66.8 Å². The molecular formula is C14H17NO4. The molecule has 0 aliphatic heterocycles. The van der Waals surface area contributed by atoms with Crippen molar-refractivity contribution < 1.29 is 19.4 Å². The molecule has 102 valence electrons. The summed E-state index contributed by atoms with van der Waals surface area (Å²) in [5, 5.41) is 9.66. The molecule has 0 fully saturated rings. The van der Waals surface area contributed by atoms with Gasteiger partial charge in [-0.05, 0) is 42.5 Å². The van der Waals surface area contributed by atoms with Gasteiger partial charge in [-0.3, -0.25) is 4.79 Å². The number of benzene rings is 1. The standard InChI is InChI=1S/C14H17NO4/c1-15(9-16)14(13(17)18)7-3-4-10-5-6-11(19-2)8-12(10)14/h5-6,8-9H,3-4,7H2,1-2H3,(H,17,18). The number of ether oxygens (including phenoxy) is 1. The van der Waals surface area contributed by atoms with Gasteiger partial charge in [0.25, 0.3) is 0 Å². The van der Waals surface area contributed by atoms with E-state index >= 15 is 0 Å². The zero-order valence-electron chi connectivity index (χ0n) is 11.0. The fourth-order valence-corrected chi connectivity index (χ4v) is 2.78. The highest BCUT2D eigenvalue weighted by Crippen LogP contribution is 2.40. The fraction of sp³-hybridized carbons (Fsp3) is 0.429. The lowest BCUT2D eigenvalue weighted by Gasteiger charge is -2.40. The number of aryl methyl sites for hydroxylation is 1. The molecule has 1 aromatic carbocycles. The first-order valence-electron chi connectivity index (χ1n) is 6.15. The van der Waals surface area contributed by atoms with Crippen LogP contribution in [0.4, 0.5) is 0 Å². The first kappa shape index (κ1) is 13.4. The van der Waals surface area contributed by atoms with Gasteiger partial charge < -0.3 is 14.7 Å². The minimum absolute atomic E-state index is 0.414. The van der Waals surface area contributed by atoms with Crippen molar-refractivity contribution in [3.05, 3.63) is 29.3 Å². The maximum absolute atomic E-state index is 11.8. The van der Waals surface area contributed by atoms with Crippen molar-refractivity contribution >= 4 is 12.4 Å². The largest absolute Gasteiger partial charge is 0.497 e. The van der Waals surface area contributed by atoms with E-state index in [4.69, 9.17) is 4.74 Å². The third-order valence-electron chi connectivity index (χ3n) is 3.86. The smallest absolute Gasteiger partial charge is 0.334 e. The van der Waals surface area contributed by atoms with Gasteiger partial charge in [-0.1, -0.05) is 6.07 Å². The summed E-state index contributed by atoms with van der Waals surface area (Å²) >= 11 is 0. The van der Waals surface area contributed by atoms with E-state index < -0.39 is 11.5 Å². The van der Waals surface area contributed by atoms with Gasteiger partial charge in [0.05, 0.1) is 7.11 Å². The van der Waals surface area contributed by atoms with E-state index in [9.17, 15) is 14.7 Å². The number of nitrogens with zero attached hydrogens (tertiary/aromatic N) is 1. The van der Waals surface area contributed by atoms with E-state index in [2.05, 4.69) is 0 Å². The van der Waals surface area contributed by atoms with Crippen LogP contribution in [-0.4, -0.2) is 36.5 Å². The van der Waals surface area contributed by atoms with Gasteiger partial charge in [-0.25, -0.2) is 4.79 Å². The number of fused-ring (bicyclic) bond motifs is 1. The molecule has 1 aromatic rings. The Hall–Kier alpha value is -2.04. The molecular weight excluding hydrogens is 246 g/mol. The zero-order valence-corrected chi connectivity index (χ0v) is 11.0. The number of methoxy groups -OCH3 is 1. The lowest BCUT2D eigenvalue weighted by atomic mass is 9.75. The molecule has 0 aromatic heterocycles. The zero-order chi connectivity index (χ0) is 14.0.